The van der Waals surface area contributed by atoms with Crippen LogP contribution in [0, 0.1) is 5.92 Å². The van der Waals surface area contributed by atoms with Crippen molar-refractivity contribution in [1.82, 2.24) is 4.90 Å². The van der Waals surface area contributed by atoms with Gasteiger partial charge in [-0.3, -0.25) is 4.90 Å². The van der Waals surface area contributed by atoms with E-state index >= 15 is 0 Å². The molecule has 3 heteroatoms. The molecule has 0 aromatic carbocycles. The summed E-state index contributed by atoms with van der Waals surface area (Å²) in [5.74, 6) is 0.668. The van der Waals surface area contributed by atoms with Gasteiger partial charge in [0.15, 0.2) is 0 Å². The Morgan fingerprint density at radius 2 is 2.00 bits per heavy atom. The summed E-state index contributed by atoms with van der Waals surface area (Å²) in [6.45, 7) is 6.07. The van der Waals surface area contributed by atoms with Crippen molar-refractivity contribution in [2.45, 2.75) is 57.5 Å². The van der Waals surface area contributed by atoms with Gasteiger partial charge in [-0.2, -0.15) is 0 Å². The second-order valence-corrected chi connectivity index (χ2v) is 5.55. The van der Waals surface area contributed by atoms with E-state index in [1.54, 1.807) is 0 Å². The molecule has 1 saturated heterocycles. The van der Waals surface area contributed by atoms with Crippen LogP contribution in [0.15, 0.2) is 0 Å². The van der Waals surface area contributed by atoms with Gasteiger partial charge < -0.3 is 10.5 Å². The first-order valence-corrected chi connectivity index (χ1v) is 7.40. The van der Waals surface area contributed by atoms with Gasteiger partial charge in [0.25, 0.3) is 0 Å². The van der Waals surface area contributed by atoms with Crippen molar-refractivity contribution in [3.05, 3.63) is 0 Å². The third-order valence-electron chi connectivity index (χ3n) is 4.59. The summed E-state index contributed by atoms with van der Waals surface area (Å²) < 4.78 is 5.54. The molecule has 2 atom stereocenters. The van der Waals surface area contributed by atoms with Crippen molar-refractivity contribution < 1.29 is 4.74 Å². The normalized spacial score (nSPS) is 28.8. The zero-order chi connectivity index (χ0) is 12.1. The minimum atomic E-state index is 0.547. The number of likely N-dealkylation sites (N-methyl/N-ethyl adjacent to an activating group) is 1. The lowest BCUT2D eigenvalue weighted by Gasteiger charge is -2.41. The third kappa shape index (κ3) is 3.21. The second-order valence-electron chi connectivity index (χ2n) is 5.55. The van der Waals surface area contributed by atoms with Gasteiger partial charge >= 0.3 is 0 Å². The fourth-order valence-electron chi connectivity index (χ4n) is 3.63. The van der Waals surface area contributed by atoms with E-state index in [2.05, 4.69) is 11.8 Å². The predicted octanol–water partition coefficient (Wildman–Crippen LogP) is 2.00. The molecule has 3 nitrogen and oxygen atoms in total. The average Bonchev–Trinajstić information content (AvgIpc) is 2.90. The minimum Gasteiger partial charge on any atom is -0.381 e. The molecule has 0 aromatic heterocycles. The SMILES string of the molecule is CCN(C1CCCCC1)C(CN)C1CCOC1. The van der Waals surface area contributed by atoms with Crippen LogP contribution >= 0.6 is 0 Å². The van der Waals surface area contributed by atoms with Crippen LogP contribution in [-0.4, -0.2) is 43.3 Å². The van der Waals surface area contributed by atoms with E-state index in [-0.39, 0.29) is 0 Å². The summed E-state index contributed by atoms with van der Waals surface area (Å²) in [5, 5.41) is 0. The molecule has 1 saturated carbocycles. The Labute approximate surface area is 106 Å². The van der Waals surface area contributed by atoms with E-state index in [1.165, 1.54) is 38.5 Å². The molecule has 2 aliphatic rings. The summed E-state index contributed by atoms with van der Waals surface area (Å²) in [6.07, 6.45) is 8.17. The van der Waals surface area contributed by atoms with Gasteiger partial charge in [0, 0.05) is 31.2 Å². The number of nitrogens with two attached hydrogens (primary N) is 1. The van der Waals surface area contributed by atoms with Gasteiger partial charge in [-0.1, -0.05) is 26.2 Å². The summed E-state index contributed by atoms with van der Waals surface area (Å²) in [7, 11) is 0. The van der Waals surface area contributed by atoms with Gasteiger partial charge in [0.05, 0.1) is 6.61 Å². The Bertz CT molecular complexity index is 210. The molecule has 2 rings (SSSR count). The van der Waals surface area contributed by atoms with Crippen molar-refractivity contribution in [2.75, 3.05) is 26.3 Å². The Hall–Kier alpha value is -0.120. The maximum absolute atomic E-state index is 6.04. The van der Waals surface area contributed by atoms with Gasteiger partial charge in [0.2, 0.25) is 0 Å². The van der Waals surface area contributed by atoms with Crippen LogP contribution in [0.3, 0.4) is 0 Å². The maximum atomic E-state index is 6.04. The largest absolute Gasteiger partial charge is 0.381 e. The van der Waals surface area contributed by atoms with Crippen LogP contribution in [0.4, 0.5) is 0 Å². The van der Waals surface area contributed by atoms with Crippen LogP contribution in [-0.2, 0) is 4.74 Å². The summed E-state index contributed by atoms with van der Waals surface area (Å²) >= 11 is 0. The fraction of sp³-hybridized carbons (Fsp3) is 1.00. The number of nitrogens with zero attached hydrogens (tertiary/aromatic N) is 1. The van der Waals surface area contributed by atoms with E-state index in [9.17, 15) is 0 Å². The zero-order valence-electron chi connectivity index (χ0n) is 11.2. The highest BCUT2D eigenvalue weighted by molar-refractivity contribution is 4.87. The lowest BCUT2D eigenvalue weighted by Crippen LogP contribution is -2.51. The Morgan fingerprint density at radius 3 is 2.53 bits per heavy atom. The molecule has 0 spiro atoms. The Morgan fingerprint density at radius 1 is 1.24 bits per heavy atom. The molecule has 2 unspecified atom stereocenters. The number of hydrogen-bond acceptors (Lipinski definition) is 3. The smallest absolute Gasteiger partial charge is 0.0510 e. The molecule has 0 amide bonds. The van der Waals surface area contributed by atoms with Crippen molar-refractivity contribution in [3.8, 4) is 0 Å². The molecular formula is C14H28N2O. The standard InChI is InChI=1S/C14H28N2O/c1-2-16(13-6-4-3-5-7-13)14(10-15)12-8-9-17-11-12/h12-14H,2-11,15H2,1H3. The van der Waals surface area contributed by atoms with Gasteiger partial charge in [-0.25, -0.2) is 0 Å². The minimum absolute atomic E-state index is 0.547. The molecule has 2 fully saturated rings. The molecule has 2 N–H and O–H groups in total. The highest BCUT2D eigenvalue weighted by atomic mass is 16.5. The summed E-state index contributed by atoms with van der Waals surface area (Å²) in [5.41, 5.74) is 6.04. The van der Waals surface area contributed by atoms with E-state index in [1.807, 2.05) is 0 Å². The Balaban J connectivity index is 1.97. The lowest BCUT2D eigenvalue weighted by molar-refractivity contribution is 0.0712. The van der Waals surface area contributed by atoms with E-state index in [0.717, 1.165) is 32.3 Å². The van der Waals surface area contributed by atoms with E-state index in [0.29, 0.717) is 12.0 Å². The average molecular weight is 240 g/mol. The van der Waals surface area contributed by atoms with Crippen LogP contribution in [0.25, 0.3) is 0 Å². The topological polar surface area (TPSA) is 38.5 Å². The summed E-state index contributed by atoms with van der Waals surface area (Å²) in [4.78, 5) is 2.68. The molecule has 1 aliphatic carbocycles. The summed E-state index contributed by atoms with van der Waals surface area (Å²) in [6, 6.07) is 1.33. The molecule has 17 heavy (non-hydrogen) atoms. The number of rotatable bonds is 5. The van der Waals surface area contributed by atoms with Crippen LogP contribution in [0.5, 0.6) is 0 Å². The van der Waals surface area contributed by atoms with Gasteiger partial charge in [0.1, 0.15) is 0 Å². The molecule has 0 bridgehead atoms. The first-order valence-electron chi connectivity index (χ1n) is 7.40. The highest BCUT2D eigenvalue weighted by Gasteiger charge is 2.32. The van der Waals surface area contributed by atoms with Crippen molar-refractivity contribution in [3.63, 3.8) is 0 Å². The van der Waals surface area contributed by atoms with Crippen molar-refractivity contribution >= 4 is 0 Å². The van der Waals surface area contributed by atoms with Crippen LogP contribution in [0.2, 0.25) is 0 Å². The highest BCUT2D eigenvalue weighted by Crippen LogP contribution is 2.28. The number of hydrogen-bond donors (Lipinski definition) is 1. The third-order valence-corrected chi connectivity index (χ3v) is 4.59. The van der Waals surface area contributed by atoms with Crippen molar-refractivity contribution in [2.24, 2.45) is 11.7 Å². The van der Waals surface area contributed by atoms with Crippen LogP contribution < -0.4 is 5.73 Å². The molecule has 1 aliphatic heterocycles. The lowest BCUT2D eigenvalue weighted by atomic mass is 9.90. The zero-order valence-corrected chi connectivity index (χ0v) is 11.2. The number of ether oxygens (including phenoxy) is 1. The molecule has 0 aromatic rings. The van der Waals surface area contributed by atoms with E-state index in [4.69, 9.17) is 10.5 Å². The first kappa shape index (κ1) is 13.3. The van der Waals surface area contributed by atoms with E-state index < -0.39 is 0 Å². The molecular weight excluding hydrogens is 212 g/mol. The maximum Gasteiger partial charge on any atom is 0.0510 e. The Kier molecular flexibility index (Phi) is 5.26. The van der Waals surface area contributed by atoms with Gasteiger partial charge in [-0.15, -0.1) is 0 Å². The van der Waals surface area contributed by atoms with Gasteiger partial charge in [-0.05, 0) is 25.8 Å². The second kappa shape index (κ2) is 6.72. The quantitative estimate of drug-likeness (QED) is 0.799. The fourth-order valence-corrected chi connectivity index (χ4v) is 3.63. The van der Waals surface area contributed by atoms with Crippen molar-refractivity contribution in [1.29, 1.82) is 0 Å². The first-order chi connectivity index (χ1) is 8.36. The van der Waals surface area contributed by atoms with Crippen LogP contribution in [0.1, 0.15) is 45.4 Å². The molecule has 100 valence electrons. The predicted molar refractivity (Wildman–Crippen MR) is 71.0 cm³/mol. The molecule has 1 heterocycles. The molecule has 0 radical (unpaired) electrons. The monoisotopic (exact) mass is 240 g/mol.